The number of hydrogen-bond acceptors (Lipinski definition) is 3. The highest BCUT2D eigenvalue weighted by Gasteiger charge is 2.14. The van der Waals surface area contributed by atoms with Crippen LogP contribution in [0.2, 0.25) is 0 Å². The SMILES string of the molecule is O=C(CCc1cc2ccccc2n1-c1ncccn1)c1ccccc1. The van der Waals surface area contributed by atoms with E-state index < -0.39 is 0 Å². The molecule has 0 atom stereocenters. The number of para-hydroxylation sites is 1. The largest absolute Gasteiger partial charge is 0.294 e. The number of rotatable bonds is 5. The molecule has 0 unspecified atom stereocenters. The molecule has 4 nitrogen and oxygen atoms in total. The first-order chi connectivity index (χ1) is 12.3. The van der Waals surface area contributed by atoms with Crippen LogP contribution in [-0.4, -0.2) is 20.3 Å². The van der Waals surface area contributed by atoms with Crippen LogP contribution >= 0.6 is 0 Å². The van der Waals surface area contributed by atoms with Gasteiger partial charge in [-0.2, -0.15) is 0 Å². The van der Waals surface area contributed by atoms with Crippen LogP contribution in [0.5, 0.6) is 0 Å². The van der Waals surface area contributed by atoms with Gasteiger partial charge < -0.3 is 0 Å². The summed E-state index contributed by atoms with van der Waals surface area (Å²) in [6, 6.07) is 21.5. The minimum absolute atomic E-state index is 0.145. The molecule has 0 bridgehead atoms. The summed E-state index contributed by atoms with van der Waals surface area (Å²) in [6.07, 6.45) is 4.56. The number of carbonyl (C=O) groups excluding carboxylic acids is 1. The Bertz CT molecular complexity index is 1010. The molecule has 0 saturated carbocycles. The van der Waals surface area contributed by atoms with Crippen LogP contribution in [0.4, 0.5) is 0 Å². The van der Waals surface area contributed by atoms with E-state index in [9.17, 15) is 4.79 Å². The minimum atomic E-state index is 0.145. The maximum absolute atomic E-state index is 12.4. The molecule has 0 N–H and O–H groups in total. The summed E-state index contributed by atoms with van der Waals surface area (Å²) in [5.41, 5.74) is 2.84. The average Bonchev–Trinajstić information content (AvgIpc) is 3.06. The van der Waals surface area contributed by atoms with Crippen molar-refractivity contribution in [3.8, 4) is 5.95 Å². The predicted molar refractivity (Wildman–Crippen MR) is 98.0 cm³/mol. The third-order valence-corrected chi connectivity index (χ3v) is 4.24. The summed E-state index contributed by atoms with van der Waals surface area (Å²) in [7, 11) is 0. The number of nitrogens with zero attached hydrogens (tertiary/aromatic N) is 3. The van der Waals surface area contributed by atoms with Gasteiger partial charge in [-0.1, -0.05) is 48.5 Å². The molecule has 4 aromatic rings. The van der Waals surface area contributed by atoms with Crippen molar-refractivity contribution in [2.75, 3.05) is 0 Å². The van der Waals surface area contributed by atoms with Crippen LogP contribution in [0.3, 0.4) is 0 Å². The summed E-state index contributed by atoms with van der Waals surface area (Å²) >= 11 is 0. The molecule has 0 fully saturated rings. The lowest BCUT2D eigenvalue weighted by molar-refractivity contribution is 0.0982. The number of ketones is 1. The van der Waals surface area contributed by atoms with E-state index in [-0.39, 0.29) is 5.78 Å². The number of aromatic nitrogens is 3. The third kappa shape index (κ3) is 3.06. The van der Waals surface area contributed by atoms with Crippen LogP contribution < -0.4 is 0 Å². The van der Waals surface area contributed by atoms with E-state index in [2.05, 4.69) is 22.1 Å². The Hall–Kier alpha value is -3.27. The molecule has 25 heavy (non-hydrogen) atoms. The Kier molecular flexibility index (Phi) is 4.09. The van der Waals surface area contributed by atoms with Gasteiger partial charge in [0.05, 0.1) is 5.52 Å². The van der Waals surface area contributed by atoms with Crippen molar-refractivity contribution < 1.29 is 4.79 Å². The number of fused-ring (bicyclic) bond motifs is 1. The predicted octanol–water partition coefficient (Wildman–Crippen LogP) is 4.24. The zero-order valence-electron chi connectivity index (χ0n) is 13.7. The number of benzene rings is 2. The van der Waals surface area contributed by atoms with E-state index in [1.165, 1.54) is 0 Å². The molecule has 0 amide bonds. The normalized spacial score (nSPS) is 10.9. The maximum atomic E-state index is 12.4. The van der Waals surface area contributed by atoms with Crippen molar-refractivity contribution >= 4 is 16.7 Å². The molecule has 0 saturated heterocycles. The molecule has 0 radical (unpaired) electrons. The number of hydrogen-bond donors (Lipinski definition) is 0. The van der Waals surface area contributed by atoms with Gasteiger partial charge in [0, 0.05) is 35.5 Å². The highest BCUT2D eigenvalue weighted by atomic mass is 16.1. The summed E-state index contributed by atoms with van der Waals surface area (Å²) in [6.45, 7) is 0. The molecule has 2 aromatic carbocycles. The van der Waals surface area contributed by atoms with Crippen LogP contribution in [0, 0.1) is 0 Å². The van der Waals surface area contributed by atoms with Gasteiger partial charge in [0.2, 0.25) is 5.95 Å². The lowest BCUT2D eigenvalue weighted by atomic mass is 10.1. The molecule has 2 heterocycles. The summed E-state index contributed by atoms with van der Waals surface area (Å²) in [4.78, 5) is 21.2. The van der Waals surface area contributed by atoms with Crippen LogP contribution in [0.25, 0.3) is 16.9 Å². The second-order valence-corrected chi connectivity index (χ2v) is 5.87. The molecule has 122 valence electrons. The average molecular weight is 327 g/mol. The zero-order chi connectivity index (χ0) is 17.1. The second kappa shape index (κ2) is 6.69. The van der Waals surface area contributed by atoms with E-state index in [4.69, 9.17) is 0 Å². The number of Topliss-reactive ketones (excluding diaryl/α,β-unsaturated/α-hetero) is 1. The van der Waals surface area contributed by atoms with Gasteiger partial charge in [-0.15, -0.1) is 0 Å². The van der Waals surface area contributed by atoms with E-state index >= 15 is 0 Å². The van der Waals surface area contributed by atoms with Gasteiger partial charge in [-0.25, -0.2) is 9.97 Å². The highest BCUT2D eigenvalue weighted by molar-refractivity contribution is 5.96. The fourth-order valence-electron chi connectivity index (χ4n) is 3.05. The molecule has 0 aliphatic heterocycles. The Morgan fingerprint density at radius 1 is 0.880 bits per heavy atom. The van der Waals surface area contributed by atoms with Crippen LogP contribution in [0.15, 0.2) is 79.1 Å². The molecule has 0 spiro atoms. The van der Waals surface area contributed by atoms with Gasteiger partial charge >= 0.3 is 0 Å². The standard InChI is InChI=1S/C21H17N3O/c25-20(16-7-2-1-3-8-16)12-11-18-15-17-9-4-5-10-19(17)24(18)21-22-13-6-14-23-21/h1-10,13-15H,11-12H2. The maximum Gasteiger partial charge on any atom is 0.234 e. The van der Waals surface area contributed by atoms with E-state index in [1.54, 1.807) is 18.5 Å². The zero-order valence-corrected chi connectivity index (χ0v) is 13.7. The van der Waals surface area contributed by atoms with Crippen molar-refractivity contribution in [1.82, 2.24) is 14.5 Å². The number of aryl methyl sites for hydroxylation is 1. The van der Waals surface area contributed by atoms with E-state index in [1.807, 2.05) is 53.1 Å². The highest BCUT2D eigenvalue weighted by Crippen LogP contribution is 2.24. The quantitative estimate of drug-likeness (QED) is 0.515. The smallest absolute Gasteiger partial charge is 0.234 e. The van der Waals surface area contributed by atoms with Crippen molar-refractivity contribution in [1.29, 1.82) is 0 Å². The fourth-order valence-corrected chi connectivity index (χ4v) is 3.05. The molecule has 4 rings (SSSR count). The molecular formula is C21H17N3O. The topological polar surface area (TPSA) is 47.8 Å². The Morgan fingerprint density at radius 3 is 2.40 bits per heavy atom. The lowest BCUT2D eigenvalue weighted by Crippen LogP contribution is -2.07. The van der Waals surface area contributed by atoms with Crippen LogP contribution in [0.1, 0.15) is 22.5 Å². The molecule has 0 aliphatic rings. The van der Waals surface area contributed by atoms with Gasteiger partial charge in [0.15, 0.2) is 5.78 Å². The first kappa shape index (κ1) is 15.3. The lowest BCUT2D eigenvalue weighted by Gasteiger charge is -2.08. The number of carbonyl (C=O) groups is 1. The fraction of sp³-hybridized carbons (Fsp3) is 0.0952. The van der Waals surface area contributed by atoms with Crippen molar-refractivity contribution in [3.05, 3.63) is 90.4 Å². The van der Waals surface area contributed by atoms with Gasteiger partial charge in [0.1, 0.15) is 0 Å². The second-order valence-electron chi connectivity index (χ2n) is 5.87. The summed E-state index contributed by atoms with van der Waals surface area (Å²) in [5, 5.41) is 1.12. The Labute approximate surface area is 145 Å². The van der Waals surface area contributed by atoms with E-state index in [0.29, 0.717) is 18.8 Å². The summed E-state index contributed by atoms with van der Waals surface area (Å²) < 4.78 is 2.04. The Balaban J connectivity index is 1.69. The minimum Gasteiger partial charge on any atom is -0.294 e. The van der Waals surface area contributed by atoms with Gasteiger partial charge in [-0.05, 0) is 24.6 Å². The first-order valence-corrected chi connectivity index (χ1v) is 8.28. The van der Waals surface area contributed by atoms with Crippen molar-refractivity contribution in [2.45, 2.75) is 12.8 Å². The van der Waals surface area contributed by atoms with Gasteiger partial charge in [-0.3, -0.25) is 9.36 Å². The van der Waals surface area contributed by atoms with Gasteiger partial charge in [0.25, 0.3) is 0 Å². The van der Waals surface area contributed by atoms with Crippen molar-refractivity contribution in [3.63, 3.8) is 0 Å². The third-order valence-electron chi connectivity index (χ3n) is 4.24. The molecule has 4 heteroatoms. The van der Waals surface area contributed by atoms with Crippen LogP contribution in [-0.2, 0) is 6.42 Å². The summed E-state index contributed by atoms with van der Waals surface area (Å²) in [5.74, 6) is 0.775. The molecule has 2 aromatic heterocycles. The van der Waals surface area contributed by atoms with E-state index in [0.717, 1.165) is 22.2 Å². The molecule has 0 aliphatic carbocycles. The Morgan fingerprint density at radius 2 is 1.60 bits per heavy atom. The molecular weight excluding hydrogens is 310 g/mol. The monoisotopic (exact) mass is 327 g/mol. The van der Waals surface area contributed by atoms with Crippen molar-refractivity contribution in [2.24, 2.45) is 0 Å². The first-order valence-electron chi connectivity index (χ1n) is 8.28.